The van der Waals surface area contributed by atoms with Gasteiger partial charge in [-0.15, -0.1) is 0 Å². The standard InChI is InChI=1S/C85H112ClN17O15/c1-7-8-20-64(78(111)97-66(22-12-13-41-91-52(2)3)84(117)103-43-16-23-71(103)85(118)101(5)50-73(87)107)95-77(110)65(21-11-14-42-92-74(108)38-39-75(109)94-62-34-30-59(31-35-62)76(88)89)96-82(115)72(48-55-27-36-63(106)37-28-55)102(6)83(116)70(51-104)100-81(114)69(47-57-17-15-40-90-49-57)99-80(113)68(45-54-25-32-61(86)33-26-54)98-79(112)67(93-53(4)105)46-56-24-29-58-18-9-10-19-60(58)44-56/h9-10,15,17-19,24-37,40,44,49,52,64-72,91,104,106H,7-8,11-14,16,20-23,38-39,41-43,45-48,50-51H2,1-6H3,(H2,87,107)(H3,88,89)(H,92,108)(H,93,105)(H,94,109)(H,95,110)(H,96,115)(H,97,111)(H,98,112)(H,99,113)(H,100,114)/t64-,65+,66-,67+,68+,69+,70-,71-,72-/m0/s1. The van der Waals surface area contributed by atoms with Crippen LogP contribution in [0.1, 0.15) is 139 Å². The van der Waals surface area contributed by atoms with Crippen molar-refractivity contribution in [1.29, 1.82) is 5.41 Å². The number of aliphatic hydroxyl groups is 1. The van der Waals surface area contributed by atoms with E-state index in [4.69, 9.17) is 28.5 Å². The number of rotatable bonds is 47. The molecule has 0 unspecified atom stereocenters. The van der Waals surface area contributed by atoms with Gasteiger partial charge in [-0.05, 0) is 152 Å². The number of likely N-dealkylation sites (tertiary alicyclic amines) is 1. The number of hydrogen-bond acceptors (Lipinski definition) is 18. The molecule has 118 heavy (non-hydrogen) atoms. The summed E-state index contributed by atoms with van der Waals surface area (Å²) < 4.78 is 0. The first-order chi connectivity index (χ1) is 56.4. The summed E-state index contributed by atoms with van der Waals surface area (Å²) in [6.07, 6.45) is 4.91. The molecular formula is C85H112ClN17O15. The number of halogens is 1. The second-order valence-corrected chi connectivity index (χ2v) is 30.3. The molecule has 1 aliphatic heterocycles. The molecule has 7 rings (SSSR count). The molecule has 32 nitrogen and oxygen atoms in total. The largest absolute Gasteiger partial charge is 0.508 e. The third kappa shape index (κ3) is 30.3. The number of anilines is 1. The molecule has 1 saturated heterocycles. The predicted molar refractivity (Wildman–Crippen MR) is 446 cm³/mol. The van der Waals surface area contributed by atoms with Gasteiger partial charge in [-0.1, -0.05) is 118 Å². The van der Waals surface area contributed by atoms with E-state index in [-0.39, 0.29) is 114 Å². The number of phenolic OH excluding ortho intramolecular Hbond substituents is 1. The SMILES string of the molecule is CCCC[C@H](NC(=O)[C@@H](CCCCNC(=O)CCC(=O)Nc1ccc(C(=N)N)cc1)NC(=O)[C@H](Cc1ccc(O)cc1)N(C)C(=O)[C@H](CO)NC(=O)[C@@H](Cc1cccnc1)NC(=O)[C@@H](Cc1ccc(Cl)cc1)NC(=O)[C@@H](Cc1ccc2ccccc2c1)NC(C)=O)C(=O)N[C@@H](CCCCNC(C)C)C(=O)N1CCC[C@H]1C(=O)N(C)CC(N)=O. The minimum atomic E-state index is -1.85. The first-order valence-electron chi connectivity index (χ1n) is 39.8. The number of amidine groups is 1. The van der Waals surface area contributed by atoms with E-state index in [1.807, 2.05) is 63.2 Å². The monoisotopic (exact) mass is 1650 g/mol. The average Bonchev–Trinajstić information content (AvgIpc) is 1.71. The molecule has 13 amide bonds. The summed E-state index contributed by atoms with van der Waals surface area (Å²) in [6.45, 7) is 6.43. The molecule has 2 heterocycles. The Balaban J connectivity index is 1.16. The second-order valence-electron chi connectivity index (χ2n) is 29.9. The summed E-state index contributed by atoms with van der Waals surface area (Å²) in [6, 6.07) is 22.3. The lowest BCUT2D eigenvalue weighted by molar-refractivity contribution is -0.146. The molecular weight excluding hydrogens is 1530 g/mol. The van der Waals surface area contributed by atoms with Gasteiger partial charge < -0.3 is 89.5 Å². The van der Waals surface area contributed by atoms with E-state index in [1.54, 1.807) is 60.7 Å². The van der Waals surface area contributed by atoms with Gasteiger partial charge in [0, 0.05) is 107 Å². The van der Waals surface area contributed by atoms with Crippen molar-refractivity contribution in [1.82, 2.24) is 67.5 Å². The number of aromatic hydroxyl groups is 1. The highest BCUT2D eigenvalue weighted by Gasteiger charge is 2.41. The lowest BCUT2D eigenvalue weighted by Crippen LogP contribution is -2.61. The van der Waals surface area contributed by atoms with Crippen molar-refractivity contribution in [2.45, 2.75) is 197 Å². The van der Waals surface area contributed by atoms with Crippen LogP contribution in [0.15, 0.2) is 140 Å². The number of nitrogens with one attached hydrogen (secondary N) is 11. The van der Waals surface area contributed by atoms with Crippen molar-refractivity contribution in [2.75, 3.05) is 52.2 Å². The van der Waals surface area contributed by atoms with Gasteiger partial charge in [-0.3, -0.25) is 72.7 Å². The Kier molecular flexibility index (Phi) is 37.4. The number of pyridine rings is 1. The van der Waals surface area contributed by atoms with Crippen molar-refractivity contribution in [3.63, 3.8) is 0 Å². The molecule has 6 aromatic rings. The van der Waals surface area contributed by atoms with Crippen LogP contribution in [0.3, 0.4) is 0 Å². The Hall–Kier alpha value is -11.9. The molecule has 0 saturated carbocycles. The minimum Gasteiger partial charge on any atom is -0.508 e. The first kappa shape index (κ1) is 93.3. The third-order valence-corrected chi connectivity index (χ3v) is 20.4. The maximum Gasteiger partial charge on any atom is 0.247 e. The van der Waals surface area contributed by atoms with E-state index < -0.39 is 138 Å². The smallest absolute Gasteiger partial charge is 0.247 e. The van der Waals surface area contributed by atoms with Crippen LogP contribution < -0.4 is 64.6 Å². The number of likely N-dealkylation sites (N-methyl/N-ethyl adjacent to an activating group) is 2. The average molecular weight is 1650 g/mol. The zero-order chi connectivity index (χ0) is 86.0. The highest BCUT2D eigenvalue weighted by molar-refractivity contribution is 6.30. The Morgan fingerprint density at radius 1 is 0.585 bits per heavy atom. The summed E-state index contributed by atoms with van der Waals surface area (Å²) in [5, 5.41) is 59.6. The number of amides is 13. The minimum absolute atomic E-state index is 0.0210. The molecule has 33 heteroatoms. The van der Waals surface area contributed by atoms with Crippen molar-refractivity contribution >= 4 is 111 Å². The Labute approximate surface area is 692 Å². The molecule has 0 radical (unpaired) electrons. The fourth-order valence-corrected chi connectivity index (χ4v) is 13.8. The summed E-state index contributed by atoms with van der Waals surface area (Å²) >= 11 is 6.27. The Bertz CT molecular complexity index is 4430. The fraction of sp³-hybridized carbons (Fsp3) is 0.447. The highest BCUT2D eigenvalue weighted by Crippen LogP contribution is 2.24. The van der Waals surface area contributed by atoms with Crippen LogP contribution in [0.2, 0.25) is 5.02 Å². The maximum absolute atomic E-state index is 15.4. The molecule has 0 bridgehead atoms. The van der Waals surface area contributed by atoms with E-state index in [2.05, 4.69) is 58.2 Å². The van der Waals surface area contributed by atoms with Crippen LogP contribution in [0.5, 0.6) is 5.75 Å². The van der Waals surface area contributed by atoms with Crippen LogP contribution >= 0.6 is 11.6 Å². The first-order valence-corrected chi connectivity index (χ1v) is 40.2. The summed E-state index contributed by atoms with van der Waals surface area (Å²) in [5.41, 5.74) is 13.9. The fourth-order valence-electron chi connectivity index (χ4n) is 13.7. The van der Waals surface area contributed by atoms with Gasteiger partial charge >= 0.3 is 0 Å². The normalized spacial score (nSPS) is 14.4. The number of nitrogen functional groups attached to an aromatic ring is 1. The Morgan fingerprint density at radius 3 is 1.72 bits per heavy atom. The zero-order valence-electron chi connectivity index (χ0n) is 67.6. The van der Waals surface area contributed by atoms with Gasteiger partial charge in [0.05, 0.1) is 13.2 Å². The maximum atomic E-state index is 15.4. The zero-order valence-corrected chi connectivity index (χ0v) is 68.4. The van der Waals surface area contributed by atoms with Gasteiger partial charge in [0.25, 0.3) is 0 Å². The number of nitrogens with zero attached hydrogens (tertiary/aromatic N) is 4. The molecule has 0 spiro atoms. The summed E-state index contributed by atoms with van der Waals surface area (Å²) in [5.74, 6) is -9.80. The number of primary amides is 1. The number of aliphatic hydroxyl groups excluding tert-OH is 1. The molecule has 9 atom stereocenters. The van der Waals surface area contributed by atoms with Gasteiger partial charge in [-0.25, -0.2) is 0 Å². The van der Waals surface area contributed by atoms with Gasteiger partial charge in [0.1, 0.15) is 66.0 Å². The topological polar surface area (TPSA) is 481 Å². The van der Waals surface area contributed by atoms with Crippen molar-refractivity contribution in [2.24, 2.45) is 11.5 Å². The van der Waals surface area contributed by atoms with E-state index in [1.165, 1.54) is 62.6 Å². The van der Waals surface area contributed by atoms with Crippen LogP contribution in [0.4, 0.5) is 5.69 Å². The van der Waals surface area contributed by atoms with Crippen LogP contribution in [-0.2, 0) is 88.0 Å². The number of carbonyl (C=O) groups excluding carboxylic acids is 13. The number of nitrogens with two attached hydrogens (primary N) is 2. The number of unbranched alkanes of at least 4 members (excludes halogenated alkanes) is 3. The summed E-state index contributed by atoms with van der Waals surface area (Å²) in [4.78, 5) is 192. The Morgan fingerprint density at radius 2 is 1.12 bits per heavy atom. The van der Waals surface area contributed by atoms with E-state index in [9.17, 15) is 53.4 Å². The number of aromatic nitrogens is 1. The van der Waals surface area contributed by atoms with Crippen molar-refractivity contribution in [3.8, 4) is 5.75 Å². The molecule has 0 aliphatic carbocycles. The lowest BCUT2D eigenvalue weighted by Gasteiger charge is -2.33. The second kappa shape index (κ2) is 47.3. The van der Waals surface area contributed by atoms with E-state index in [0.717, 1.165) is 20.6 Å². The predicted octanol–water partition coefficient (Wildman–Crippen LogP) is 3.38. The number of fused-ring (bicyclic) bond motifs is 1. The van der Waals surface area contributed by atoms with Crippen LogP contribution in [0.25, 0.3) is 10.8 Å². The third-order valence-electron chi connectivity index (χ3n) is 20.1. The molecule has 17 N–H and O–H groups in total. The van der Waals surface area contributed by atoms with Gasteiger partial charge in [0.2, 0.25) is 76.8 Å². The summed E-state index contributed by atoms with van der Waals surface area (Å²) in [7, 11) is 2.63. The molecule has 1 fully saturated rings. The van der Waals surface area contributed by atoms with Crippen LogP contribution in [0, 0.1) is 5.41 Å². The molecule has 1 aromatic heterocycles. The lowest BCUT2D eigenvalue weighted by atomic mass is 9.99. The number of phenols is 1. The van der Waals surface area contributed by atoms with E-state index >= 15 is 19.2 Å². The van der Waals surface area contributed by atoms with Crippen LogP contribution in [-0.4, -0.2) is 220 Å². The molecule has 5 aromatic carbocycles. The van der Waals surface area contributed by atoms with Gasteiger partial charge in [0.15, 0.2) is 0 Å². The van der Waals surface area contributed by atoms with Crippen molar-refractivity contribution < 1.29 is 72.5 Å². The number of carbonyl (C=O) groups is 13. The molecule has 1 aliphatic rings. The number of hydrogen-bond donors (Lipinski definition) is 15. The van der Waals surface area contributed by atoms with E-state index in [0.29, 0.717) is 77.2 Å². The highest BCUT2D eigenvalue weighted by atomic mass is 35.5. The molecule has 634 valence electrons. The number of benzene rings is 5. The van der Waals surface area contributed by atoms with Crippen molar-refractivity contribution in [3.05, 3.63) is 173 Å². The van der Waals surface area contributed by atoms with Gasteiger partial charge in [-0.2, -0.15) is 0 Å². The quantitative estimate of drug-likeness (QED) is 0.0148.